The van der Waals surface area contributed by atoms with Gasteiger partial charge in [0.05, 0.1) is 6.10 Å². The number of hydrogen-bond donors (Lipinski definition) is 1. The van der Waals surface area contributed by atoms with Gasteiger partial charge in [-0.05, 0) is 31.5 Å². The van der Waals surface area contributed by atoms with Gasteiger partial charge in [0.2, 0.25) is 0 Å². The summed E-state index contributed by atoms with van der Waals surface area (Å²) in [6.45, 7) is 3.91. The lowest BCUT2D eigenvalue weighted by molar-refractivity contribution is 0.227. The second kappa shape index (κ2) is 4.45. The number of hydrogen-bond acceptors (Lipinski definition) is 1. The summed E-state index contributed by atoms with van der Waals surface area (Å²) in [4.78, 5) is 0. The van der Waals surface area contributed by atoms with Crippen molar-refractivity contribution in [1.82, 2.24) is 0 Å². The van der Waals surface area contributed by atoms with E-state index in [1.807, 2.05) is 32.1 Å². The molecule has 1 rings (SSSR count). The van der Waals surface area contributed by atoms with Crippen molar-refractivity contribution in [1.29, 1.82) is 0 Å². The van der Waals surface area contributed by atoms with Gasteiger partial charge < -0.3 is 5.11 Å². The molecule has 0 bridgehead atoms. The van der Waals surface area contributed by atoms with Gasteiger partial charge >= 0.3 is 0 Å². The van der Waals surface area contributed by atoms with Crippen LogP contribution in [0.2, 0.25) is 5.02 Å². The van der Waals surface area contributed by atoms with Crippen LogP contribution in [0.1, 0.15) is 25.5 Å². The van der Waals surface area contributed by atoms with Gasteiger partial charge in [-0.25, -0.2) is 0 Å². The Labute approximate surface area is 83.7 Å². The van der Waals surface area contributed by atoms with E-state index < -0.39 is 6.10 Å². The van der Waals surface area contributed by atoms with Crippen molar-refractivity contribution < 1.29 is 5.11 Å². The van der Waals surface area contributed by atoms with E-state index in [1.54, 1.807) is 12.1 Å². The van der Waals surface area contributed by atoms with Gasteiger partial charge in [0.1, 0.15) is 0 Å². The quantitative estimate of drug-likeness (QED) is 0.720. The molecule has 70 valence electrons. The van der Waals surface area contributed by atoms with Gasteiger partial charge in [-0.2, -0.15) is 0 Å². The maximum absolute atomic E-state index is 9.66. The summed E-state index contributed by atoms with van der Waals surface area (Å²) >= 11 is 5.73. The van der Waals surface area contributed by atoms with Crippen molar-refractivity contribution in [3.63, 3.8) is 0 Å². The molecule has 1 N–H and O–H groups in total. The van der Waals surface area contributed by atoms with Crippen LogP contribution < -0.4 is 0 Å². The summed E-state index contributed by atoms with van der Waals surface area (Å²) < 4.78 is 0. The lowest BCUT2D eigenvalue weighted by Crippen LogP contribution is -1.92. The zero-order chi connectivity index (χ0) is 9.84. The predicted molar refractivity (Wildman–Crippen MR) is 55.8 cm³/mol. The lowest BCUT2D eigenvalue weighted by atomic mass is 10.1. The Hall–Kier alpha value is -0.790. The lowest BCUT2D eigenvalue weighted by Gasteiger charge is -2.06. The molecule has 1 aromatic rings. The van der Waals surface area contributed by atoms with E-state index in [0.717, 1.165) is 11.1 Å². The second-order valence-electron chi connectivity index (χ2n) is 3.24. The summed E-state index contributed by atoms with van der Waals surface area (Å²) in [5, 5.41) is 10.4. The van der Waals surface area contributed by atoms with E-state index in [-0.39, 0.29) is 0 Å². The van der Waals surface area contributed by atoms with Gasteiger partial charge in [0, 0.05) is 5.02 Å². The molecule has 0 fully saturated rings. The molecular weight excluding hydrogens is 184 g/mol. The Morgan fingerprint density at radius 2 is 1.85 bits per heavy atom. The first-order valence-corrected chi connectivity index (χ1v) is 4.56. The van der Waals surface area contributed by atoms with Gasteiger partial charge in [-0.15, -0.1) is 0 Å². The van der Waals surface area contributed by atoms with Crippen molar-refractivity contribution in [3.8, 4) is 0 Å². The largest absolute Gasteiger partial charge is 0.384 e. The van der Waals surface area contributed by atoms with E-state index in [2.05, 4.69) is 0 Å². The van der Waals surface area contributed by atoms with E-state index in [1.165, 1.54) is 0 Å². The fourth-order valence-electron chi connectivity index (χ4n) is 1.07. The van der Waals surface area contributed by atoms with Crippen molar-refractivity contribution in [2.45, 2.75) is 20.0 Å². The van der Waals surface area contributed by atoms with Crippen LogP contribution in [0.15, 0.2) is 35.9 Å². The molecule has 0 spiro atoms. The Morgan fingerprint density at radius 3 is 2.31 bits per heavy atom. The standard InChI is InChI=1S/C11H13ClO/c1-8(2)7-11(13)9-3-5-10(12)6-4-9/h3-7,11,13H,1-2H3/t11-/m0/s1. The van der Waals surface area contributed by atoms with E-state index in [0.29, 0.717) is 5.02 Å². The fraction of sp³-hybridized carbons (Fsp3) is 0.273. The minimum atomic E-state index is -0.526. The minimum absolute atomic E-state index is 0.526. The molecule has 0 saturated heterocycles. The first kappa shape index (κ1) is 10.3. The molecule has 0 radical (unpaired) electrons. The van der Waals surface area contributed by atoms with Gasteiger partial charge in [0.15, 0.2) is 0 Å². The van der Waals surface area contributed by atoms with Crippen molar-refractivity contribution >= 4 is 11.6 Å². The van der Waals surface area contributed by atoms with E-state index in [9.17, 15) is 5.11 Å². The number of benzene rings is 1. The Bertz CT molecular complexity index is 296. The van der Waals surface area contributed by atoms with Gasteiger partial charge in [-0.3, -0.25) is 0 Å². The van der Waals surface area contributed by atoms with Crippen molar-refractivity contribution in [3.05, 3.63) is 46.5 Å². The Balaban J connectivity index is 2.83. The summed E-state index contributed by atoms with van der Waals surface area (Å²) in [6.07, 6.45) is 1.28. The molecule has 2 heteroatoms. The molecule has 0 aliphatic heterocycles. The zero-order valence-corrected chi connectivity index (χ0v) is 8.55. The minimum Gasteiger partial charge on any atom is -0.384 e. The van der Waals surface area contributed by atoms with Crippen LogP contribution in [0.4, 0.5) is 0 Å². The average molecular weight is 197 g/mol. The van der Waals surface area contributed by atoms with Gasteiger partial charge in [0.25, 0.3) is 0 Å². The van der Waals surface area contributed by atoms with Crippen molar-refractivity contribution in [2.24, 2.45) is 0 Å². The van der Waals surface area contributed by atoms with Gasteiger partial charge in [-0.1, -0.05) is 35.4 Å². The van der Waals surface area contributed by atoms with Crippen LogP contribution >= 0.6 is 11.6 Å². The van der Waals surface area contributed by atoms with Crippen LogP contribution in [-0.2, 0) is 0 Å². The average Bonchev–Trinajstić information content (AvgIpc) is 2.04. The SMILES string of the molecule is CC(C)=C[C@H](O)c1ccc(Cl)cc1. The van der Waals surface area contributed by atoms with Crippen molar-refractivity contribution in [2.75, 3.05) is 0 Å². The predicted octanol–water partition coefficient (Wildman–Crippen LogP) is 3.34. The molecule has 0 saturated carbocycles. The molecule has 1 atom stereocenters. The molecule has 1 nitrogen and oxygen atoms in total. The third kappa shape index (κ3) is 3.21. The molecule has 13 heavy (non-hydrogen) atoms. The highest BCUT2D eigenvalue weighted by Gasteiger charge is 2.02. The van der Waals surface area contributed by atoms with Crippen LogP contribution in [-0.4, -0.2) is 5.11 Å². The number of rotatable bonds is 2. The Kier molecular flexibility index (Phi) is 3.52. The van der Waals surface area contributed by atoms with E-state index in [4.69, 9.17) is 11.6 Å². The van der Waals surface area contributed by atoms with Crippen LogP contribution in [0.25, 0.3) is 0 Å². The number of aliphatic hydroxyl groups excluding tert-OH is 1. The first-order chi connectivity index (χ1) is 6.09. The third-order valence-electron chi connectivity index (χ3n) is 1.70. The molecule has 0 unspecified atom stereocenters. The summed E-state index contributed by atoms with van der Waals surface area (Å²) in [7, 11) is 0. The van der Waals surface area contributed by atoms with Crippen LogP contribution in [0.5, 0.6) is 0 Å². The fourth-order valence-corrected chi connectivity index (χ4v) is 1.20. The molecule has 0 heterocycles. The molecule has 0 aromatic heterocycles. The highest BCUT2D eigenvalue weighted by molar-refractivity contribution is 6.30. The smallest absolute Gasteiger partial charge is 0.0974 e. The summed E-state index contributed by atoms with van der Waals surface area (Å²) in [5.74, 6) is 0. The molecule has 1 aromatic carbocycles. The topological polar surface area (TPSA) is 20.2 Å². The monoisotopic (exact) mass is 196 g/mol. The first-order valence-electron chi connectivity index (χ1n) is 4.18. The highest BCUT2D eigenvalue weighted by Crippen LogP contribution is 2.18. The Morgan fingerprint density at radius 1 is 1.31 bits per heavy atom. The molecular formula is C11H13ClO. The normalized spacial score (nSPS) is 12.3. The maximum Gasteiger partial charge on any atom is 0.0974 e. The van der Waals surface area contributed by atoms with Crippen LogP contribution in [0, 0.1) is 0 Å². The van der Waals surface area contributed by atoms with E-state index >= 15 is 0 Å². The zero-order valence-electron chi connectivity index (χ0n) is 7.79. The summed E-state index contributed by atoms with van der Waals surface area (Å²) in [6, 6.07) is 7.21. The molecule has 0 aliphatic rings. The maximum atomic E-state index is 9.66. The molecule has 0 aliphatic carbocycles. The van der Waals surface area contributed by atoms with Crippen LogP contribution in [0.3, 0.4) is 0 Å². The highest BCUT2D eigenvalue weighted by atomic mass is 35.5. The number of halogens is 1. The summed E-state index contributed by atoms with van der Waals surface area (Å²) in [5.41, 5.74) is 1.97. The number of allylic oxidation sites excluding steroid dienone is 1. The molecule has 0 amide bonds. The third-order valence-corrected chi connectivity index (χ3v) is 1.95. The second-order valence-corrected chi connectivity index (χ2v) is 3.68. The number of aliphatic hydroxyl groups is 1.